The lowest BCUT2D eigenvalue weighted by Gasteiger charge is -2.12. The molecule has 0 radical (unpaired) electrons. The maximum Gasteiger partial charge on any atom is 0.354 e. The lowest BCUT2D eigenvalue weighted by atomic mass is 9.96. The number of aromatic hydroxyl groups is 2. The fourth-order valence-corrected chi connectivity index (χ4v) is 3.56. The zero-order valence-electron chi connectivity index (χ0n) is 16.7. The monoisotopic (exact) mass is 430 g/mol. The van der Waals surface area contributed by atoms with Crippen LogP contribution >= 0.6 is 0 Å². The number of phenols is 2. The van der Waals surface area contributed by atoms with Gasteiger partial charge in [-0.05, 0) is 25.0 Å². The van der Waals surface area contributed by atoms with E-state index in [1.807, 2.05) is 0 Å². The number of pyridine rings is 2. The second-order valence-electron chi connectivity index (χ2n) is 7.40. The van der Waals surface area contributed by atoms with Crippen LogP contribution in [0.3, 0.4) is 0 Å². The van der Waals surface area contributed by atoms with E-state index < -0.39 is 11.9 Å². The van der Waals surface area contributed by atoms with Gasteiger partial charge >= 0.3 is 11.9 Å². The van der Waals surface area contributed by atoms with Crippen molar-refractivity contribution in [3.63, 3.8) is 0 Å². The third-order valence-corrected chi connectivity index (χ3v) is 5.16. The second-order valence-corrected chi connectivity index (χ2v) is 7.40. The summed E-state index contributed by atoms with van der Waals surface area (Å²) >= 11 is 0. The molecule has 0 amide bonds. The van der Waals surface area contributed by atoms with Crippen molar-refractivity contribution in [1.29, 1.82) is 0 Å². The molecule has 4 aromatic rings. The maximum absolute atomic E-state index is 11.2. The molecule has 2 aromatic carbocycles. The molecule has 0 spiro atoms. The Morgan fingerprint density at radius 2 is 1.06 bits per heavy atom. The Bertz CT molecular complexity index is 1320. The number of fused-ring (bicyclic) bond motifs is 2. The summed E-state index contributed by atoms with van der Waals surface area (Å²) in [5.41, 5.74) is 1.74. The Balaban J connectivity index is 1.62. The third kappa shape index (κ3) is 3.81. The van der Waals surface area contributed by atoms with Crippen LogP contribution in [0.1, 0.15) is 32.1 Å². The van der Waals surface area contributed by atoms with Crippen molar-refractivity contribution in [1.82, 2.24) is 9.97 Å². The summed E-state index contributed by atoms with van der Waals surface area (Å²) in [4.78, 5) is 30.4. The fraction of sp³-hybridized carbons (Fsp3) is 0.0833. The quantitative estimate of drug-likeness (QED) is 0.337. The van der Waals surface area contributed by atoms with Crippen LogP contribution < -0.4 is 0 Å². The van der Waals surface area contributed by atoms with Crippen molar-refractivity contribution >= 4 is 33.7 Å². The van der Waals surface area contributed by atoms with Gasteiger partial charge in [0.2, 0.25) is 0 Å². The van der Waals surface area contributed by atoms with E-state index in [0.29, 0.717) is 27.5 Å². The summed E-state index contributed by atoms with van der Waals surface area (Å²) in [6, 6.07) is 12.8. The van der Waals surface area contributed by atoms with Gasteiger partial charge in [-0.3, -0.25) is 0 Å². The minimum atomic E-state index is -1.19. The molecule has 0 atom stereocenters. The van der Waals surface area contributed by atoms with Crippen LogP contribution in [0.25, 0.3) is 21.8 Å². The van der Waals surface area contributed by atoms with E-state index in [1.165, 1.54) is 12.1 Å². The maximum atomic E-state index is 11.2. The lowest BCUT2D eigenvalue weighted by molar-refractivity contribution is 0.0680. The van der Waals surface area contributed by atoms with Gasteiger partial charge in [0.25, 0.3) is 0 Å². The van der Waals surface area contributed by atoms with Crippen molar-refractivity contribution < 1.29 is 30.0 Å². The predicted octanol–water partition coefficient (Wildman–Crippen LogP) is 3.93. The molecule has 0 fully saturated rings. The van der Waals surface area contributed by atoms with Gasteiger partial charge in [-0.25, -0.2) is 19.6 Å². The van der Waals surface area contributed by atoms with Gasteiger partial charge in [0.05, 0.1) is 0 Å². The first-order valence-corrected chi connectivity index (χ1v) is 9.61. The molecule has 32 heavy (non-hydrogen) atoms. The summed E-state index contributed by atoms with van der Waals surface area (Å²) in [6.45, 7) is 4.03. The van der Waals surface area contributed by atoms with Gasteiger partial charge in [0.15, 0.2) is 0 Å². The predicted molar refractivity (Wildman–Crippen MR) is 117 cm³/mol. The average Bonchev–Trinajstić information content (AvgIpc) is 2.77. The van der Waals surface area contributed by atoms with E-state index in [0.717, 1.165) is 0 Å². The molecule has 2 heterocycles. The highest BCUT2D eigenvalue weighted by molar-refractivity contribution is 5.93. The topological polar surface area (TPSA) is 141 Å². The number of nitrogens with zero attached hydrogens (tertiary/aromatic N) is 2. The van der Waals surface area contributed by atoms with Crippen LogP contribution in [0, 0.1) is 0 Å². The number of aromatic carboxylic acids is 2. The van der Waals surface area contributed by atoms with Crippen molar-refractivity contribution in [2.24, 2.45) is 0 Å². The van der Waals surface area contributed by atoms with Crippen LogP contribution in [-0.2, 0) is 12.8 Å². The van der Waals surface area contributed by atoms with Gasteiger partial charge in [-0.15, -0.1) is 0 Å². The minimum absolute atomic E-state index is 0.123. The third-order valence-electron chi connectivity index (χ3n) is 5.16. The summed E-state index contributed by atoms with van der Waals surface area (Å²) in [7, 11) is 0. The van der Waals surface area contributed by atoms with E-state index in [4.69, 9.17) is 10.2 Å². The Morgan fingerprint density at radius 1 is 0.688 bits per heavy atom. The number of carboxylic acid groups (broad SMARTS) is 2. The normalized spacial score (nSPS) is 11.0. The highest BCUT2D eigenvalue weighted by Crippen LogP contribution is 2.32. The van der Waals surface area contributed by atoms with Gasteiger partial charge in [-0.1, -0.05) is 48.6 Å². The van der Waals surface area contributed by atoms with E-state index in [2.05, 4.69) is 16.5 Å². The number of benzene rings is 2. The van der Waals surface area contributed by atoms with Gasteiger partial charge in [-0.2, -0.15) is 0 Å². The van der Waals surface area contributed by atoms with Crippen molar-refractivity contribution in [2.75, 3.05) is 0 Å². The largest absolute Gasteiger partial charge is 0.505 e. The minimum Gasteiger partial charge on any atom is -0.505 e. The second kappa shape index (κ2) is 7.99. The Morgan fingerprint density at radius 3 is 1.44 bits per heavy atom. The van der Waals surface area contributed by atoms with Crippen LogP contribution in [0.2, 0.25) is 0 Å². The first kappa shape index (κ1) is 20.8. The Hall–Kier alpha value is -4.46. The number of carboxylic acids is 2. The molecule has 160 valence electrons. The molecular formula is C24H18N2O6. The van der Waals surface area contributed by atoms with Gasteiger partial charge in [0.1, 0.15) is 33.9 Å². The van der Waals surface area contributed by atoms with Gasteiger partial charge in [0, 0.05) is 21.9 Å². The smallest absolute Gasteiger partial charge is 0.354 e. The molecule has 0 unspecified atom stereocenters. The number of aromatic nitrogens is 2. The van der Waals surface area contributed by atoms with E-state index in [-0.39, 0.29) is 46.8 Å². The number of phenolic OH excluding ortho intramolecular Hbond substituents is 2. The van der Waals surface area contributed by atoms with Crippen molar-refractivity contribution in [3.8, 4) is 11.5 Å². The average molecular weight is 430 g/mol. The van der Waals surface area contributed by atoms with Crippen LogP contribution in [0.4, 0.5) is 0 Å². The SMILES string of the molecule is C=C(Cc1ccc2ccc(C(=O)O)nc2c1O)Cc1ccc2ccc(C(=O)O)nc2c1O. The summed E-state index contributed by atoms with van der Waals surface area (Å²) in [5.74, 6) is -2.62. The number of hydrogen-bond acceptors (Lipinski definition) is 6. The molecule has 0 aliphatic carbocycles. The molecule has 0 bridgehead atoms. The molecule has 2 aromatic heterocycles. The molecule has 0 aliphatic rings. The van der Waals surface area contributed by atoms with E-state index >= 15 is 0 Å². The molecule has 4 rings (SSSR count). The Kier molecular flexibility index (Phi) is 5.19. The van der Waals surface area contributed by atoms with Crippen molar-refractivity contribution in [3.05, 3.63) is 83.2 Å². The fourth-order valence-electron chi connectivity index (χ4n) is 3.56. The summed E-state index contributed by atoms with van der Waals surface area (Å²) < 4.78 is 0. The summed E-state index contributed by atoms with van der Waals surface area (Å²) in [5, 5.41) is 40.8. The Labute approximate surface area is 181 Å². The van der Waals surface area contributed by atoms with E-state index in [1.54, 1.807) is 36.4 Å². The number of hydrogen-bond donors (Lipinski definition) is 4. The van der Waals surface area contributed by atoms with Crippen LogP contribution in [0.15, 0.2) is 60.7 Å². The standard InChI is InChI=1S/C24H18N2O6/c1-12(10-15-4-2-13-6-8-17(23(29)30)25-19(13)21(15)27)11-16-5-3-14-7-9-18(24(31)32)26-20(14)22(16)28/h2-9,27-28H,1,10-11H2,(H,29,30)(H,31,32). The molecule has 0 saturated carbocycles. The molecule has 8 heteroatoms. The van der Waals surface area contributed by atoms with Gasteiger partial charge < -0.3 is 20.4 Å². The van der Waals surface area contributed by atoms with Crippen molar-refractivity contribution in [2.45, 2.75) is 12.8 Å². The molecule has 8 nitrogen and oxygen atoms in total. The number of carbonyl (C=O) groups is 2. The molecule has 0 aliphatic heterocycles. The zero-order chi connectivity index (χ0) is 23.0. The first-order chi connectivity index (χ1) is 15.2. The lowest BCUT2D eigenvalue weighted by Crippen LogP contribution is -2.02. The van der Waals surface area contributed by atoms with Crippen LogP contribution in [0.5, 0.6) is 11.5 Å². The molecular weight excluding hydrogens is 412 g/mol. The highest BCUT2D eigenvalue weighted by atomic mass is 16.4. The molecule has 4 N–H and O–H groups in total. The first-order valence-electron chi connectivity index (χ1n) is 9.61. The zero-order valence-corrected chi connectivity index (χ0v) is 16.7. The number of allylic oxidation sites excluding steroid dienone is 1. The van der Waals surface area contributed by atoms with E-state index in [9.17, 15) is 19.8 Å². The van der Waals surface area contributed by atoms with Crippen LogP contribution in [-0.4, -0.2) is 42.3 Å². The molecule has 0 saturated heterocycles. The summed E-state index contributed by atoms with van der Waals surface area (Å²) in [6.07, 6.45) is 0.529. The number of rotatable bonds is 6. The highest BCUT2D eigenvalue weighted by Gasteiger charge is 2.15.